The van der Waals surface area contributed by atoms with Crippen LogP contribution in [0.2, 0.25) is 0 Å². The molecule has 1 aliphatic carbocycles. The van der Waals surface area contributed by atoms with Gasteiger partial charge in [-0.15, -0.1) is 0 Å². The Hall–Kier alpha value is -2.76. The maximum absolute atomic E-state index is 12.0. The molecule has 0 saturated heterocycles. The maximum atomic E-state index is 12.0. The van der Waals surface area contributed by atoms with Crippen LogP contribution in [-0.4, -0.2) is 23.1 Å². The summed E-state index contributed by atoms with van der Waals surface area (Å²) in [6, 6.07) is 9.66. The molecule has 0 radical (unpaired) electrons. The number of furan rings is 1. The minimum atomic E-state index is -1.21. The molecule has 1 aliphatic rings. The molecule has 1 aromatic heterocycles. The lowest BCUT2D eigenvalue weighted by Gasteiger charge is -2.13. The number of ether oxygens (including phenoxy) is 1. The Kier molecular flexibility index (Phi) is 4.32. The van der Waals surface area contributed by atoms with E-state index < -0.39 is 11.9 Å². The molecule has 0 aliphatic heterocycles. The molecule has 3 rings (SSSR count). The first-order valence-electron chi connectivity index (χ1n) is 7.53. The second-order valence-electron chi connectivity index (χ2n) is 5.47. The van der Waals surface area contributed by atoms with Crippen LogP contribution in [0, 0.1) is 0 Å². The highest BCUT2D eigenvalue weighted by molar-refractivity contribution is 6.02. The van der Waals surface area contributed by atoms with Gasteiger partial charge in [-0.3, -0.25) is 4.79 Å². The monoisotopic (exact) mass is 315 g/mol. The predicted octanol–water partition coefficient (Wildman–Crippen LogP) is 3.55. The number of carbonyl (C=O) groups excluding carboxylic acids is 1. The van der Waals surface area contributed by atoms with Crippen LogP contribution in [0.15, 0.2) is 40.8 Å². The van der Waals surface area contributed by atoms with Crippen molar-refractivity contribution in [2.45, 2.75) is 31.8 Å². The van der Waals surface area contributed by atoms with E-state index in [-0.39, 0.29) is 17.6 Å². The molecule has 2 N–H and O–H groups in total. The van der Waals surface area contributed by atoms with E-state index >= 15 is 0 Å². The summed E-state index contributed by atoms with van der Waals surface area (Å²) in [6.45, 7) is 0. The summed E-state index contributed by atoms with van der Waals surface area (Å²) in [5.41, 5.74) is 0.585. The Morgan fingerprint density at radius 3 is 2.30 bits per heavy atom. The van der Waals surface area contributed by atoms with E-state index in [0.717, 1.165) is 18.6 Å². The van der Waals surface area contributed by atoms with Gasteiger partial charge in [-0.1, -0.05) is 0 Å². The van der Waals surface area contributed by atoms with Crippen molar-refractivity contribution in [3.8, 4) is 5.75 Å². The molecular formula is C17H17NO5. The third-order valence-electron chi connectivity index (χ3n) is 3.76. The van der Waals surface area contributed by atoms with Crippen LogP contribution >= 0.6 is 0 Å². The Morgan fingerprint density at radius 2 is 1.70 bits per heavy atom. The fourth-order valence-corrected chi connectivity index (χ4v) is 2.58. The van der Waals surface area contributed by atoms with Crippen LogP contribution in [0.5, 0.6) is 5.75 Å². The molecule has 120 valence electrons. The van der Waals surface area contributed by atoms with E-state index in [4.69, 9.17) is 14.3 Å². The molecule has 23 heavy (non-hydrogen) atoms. The second kappa shape index (κ2) is 6.56. The summed E-state index contributed by atoms with van der Waals surface area (Å²) >= 11 is 0. The van der Waals surface area contributed by atoms with E-state index in [1.165, 1.54) is 25.0 Å². The van der Waals surface area contributed by atoms with Crippen LogP contribution in [0.25, 0.3) is 0 Å². The van der Waals surface area contributed by atoms with Crippen molar-refractivity contribution < 1.29 is 23.8 Å². The van der Waals surface area contributed by atoms with Gasteiger partial charge >= 0.3 is 5.97 Å². The molecule has 1 fully saturated rings. The highest BCUT2D eigenvalue weighted by atomic mass is 16.5. The number of benzene rings is 1. The first-order valence-corrected chi connectivity index (χ1v) is 7.53. The largest absolute Gasteiger partial charge is 0.490 e. The number of aromatic carboxylic acids is 1. The Morgan fingerprint density at radius 1 is 1.04 bits per heavy atom. The minimum absolute atomic E-state index is 0.0475. The lowest BCUT2D eigenvalue weighted by atomic mass is 10.2. The highest BCUT2D eigenvalue weighted by Crippen LogP contribution is 2.25. The molecular weight excluding hydrogens is 298 g/mol. The summed E-state index contributed by atoms with van der Waals surface area (Å²) in [7, 11) is 0. The molecule has 1 saturated carbocycles. The summed E-state index contributed by atoms with van der Waals surface area (Å²) in [4.78, 5) is 22.7. The van der Waals surface area contributed by atoms with Crippen molar-refractivity contribution in [1.29, 1.82) is 0 Å². The Labute approximate surface area is 133 Å². The number of carboxylic acids is 1. The van der Waals surface area contributed by atoms with Crippen molar-refractivity contribution in [2.75, 3.05) is 5.32 Å². The molecule has 0 atom stereocenters. The smallest absolute Gasteiger partial charge is 0.371 e. The van der Waals surface area contributed by atoms with E-state index in [9.17, 15) is 9.59 Å². The number of hydrogen-bond acceptors (Lipinski definition) is 4. The maximum Gasteiger partial charge on any atom is 0.371 e. The van der Waals surface area contributed by atoms with Crippen molar-refractivity contribution in [1.82, 2.24) is 0 Å². The van der Waals surface area contributed by atoms with Gasteiger partial charge in [0.05, 0.1) is 6.10 Å². The van der Waals surface area contributed by atoms with Crippen molar-refractivity contribution >= 4 is 17.6 Å². The number of carboxylic acid groups (broad SMARTS) is 1. The van der Waals surface area contributed by atoms with Gasteiger partial charge in [-0.05, 0) is 62.1 Å². The molecule has 6 nitrogen and oxygen atoms in total. The molecule has 2 aromatic rings. The number of carbonyl (C=O) groups is 2. The van der Waals surface area contributed by atoms with Gasteiger partial charge in [-0.25, -0.2) is 4.79 Å². The quantitative estimate of drug-likeness (QED) is 0.880. The first-order chi connectivity index (χ1) is 11.1. The fraction of sp³-hybridized carbons (Fsp3) is 0.294. The summed E-state index contributed by atoms with van der Waals surface area (Å²) in [6.07, 6.45) is 4.87. The van der Waals surface area contributed by atoms with Gasteiger partial charge < -0.3 is 19.6 Å². The molecule has 0 spiro atoms. The van der Waals surface area contributed by atoms with E-state index in [1.54, 1.807) is 24.3 Å². The summed E-state index contributed by atoms with van der Waals surface area (Å²) in [5, 5.41) is 11.4. The van der Waals surface area contributed by atoms with Crippen LogP contribution in [0.4, 0.5) is 5.69 Å². The van der Waals surface area contributed by atoms with Crippen molar-refractivity contribution in [3.63, 3.8) is 0 Å². The zero-order valence-corrected chi connectivity index (χ0v) is 12.5. The molecule has 1 aromatic carbocycles. The van der Waals surface area contributed by atoms with Crippen LogP contribution < -0.4 is 10.1 Å². The van der Waals surface area contributed by atoms with Gasteiger partial charge in [-0.2, -0.15) is 0 Å². The average molecular weight is 315 g/mol. The first kappa shape index (κ1) is 15.1. The Bertz CT molecular complexity index is 698. The second-order valence-corrected chi connectivity index (χ2v) is 5.47. The van der Waals surface area contributed by atoms with Crippen LogP contribution in [0.3, 0.4) is 0 Å². The van der Waals surface area contributed by atoms with Gasteiger partial charge in [0.2, 0.25) is 5.76 Å². The van der Waals surface area contributed by atoms with E-state index in [1.807, 2.05) is 0 Å². The van der Waals surface area contributed by atoms with Crippen LogP contribution in [0.1, 0.15) is 46.8 Å². The molecule has 0 bridgehead atoms. The number of hydrogen-bond donors (Lipinski definition) is 2. The third-order valence-corrected chi connectivity index (χ3v) is 3.76. The highest BCUT2D eigenvalue weighted by Gasteiger charge is 2.17. The van der Waals surface area contributed by atoms with Gasteiger partial charge in [0.1, 0.15) is 5.75 Å². The molecule has 6 heteroatoms. The third kappa shape index (κ3) is 3.71. The summed E-state index contributed by atoms with van der Waals surface area (Å²) in [5.74, 6) is -1.25. The number of anilines is 1. The van der Waals surface area contributed by atoms with Crippen molar-refractivity contribution in [3.05, 3.63) is 47.9 Å². The normalized spacial score (nSPS) is 14.6. The zero-order chi connectivity index (χ0) is 16.2. The SMILES string of the molecule is O=C(O)c1ccc(C(=O)Nc2ccc(OC3CCCC3)cc2)o1. The molecule has 1 amide bonds. The predicted molar refractivity (Wildman–Crippen MR) is 82.9 cm³/mol. The Balaban J connectivity index is 1.60. The van der Waals surface area contributed by atoms with Gasteiger partial charge in [0.25, 0.3) is 5.91 Å². The molecule has 1 heterocycles. The number of amides is 1. The zero-order valence-electron chi connectivity index (χ0n) is 12.5. The van der Waals surface area contributed by atoms with E-state index in [2.05, 4.69) is 5.32 Å². The van der Waals surface area contributed by atoms with Gasteiger partial charge in [0, 0.05) is 5.69 Å². The number of rotatable bonds is 5. The summed E-state index contributed by atoms with van der Waals surface area (Å²) < 4.78 is 10.8. The van der Waals surface area contributed by atoms with E-state index in [0.29, 0.717) is 5.69 Å². The average Bonchev–Trinajstić information content (AvgIpc) is 3.20. The number of nitrogens with one attached hydrogen (secondary N) is 1. The standard InChI is InChI=1S/C17H17NO5/c19-16(14-9-10-15(23-14)17(20)21)18-11-5-7-13(8-6-11)22-12-3-1-2-4-12/h5-10,12H,1-4H2,(H,18,19)(H,20,21). The topological polar surface area (TPSA) is 88.8 Å². The lowest BCUT2D eigenvalue weighted by molar-refractivity contribution is 0.0660. The lowest BCUT2D eigenvalue weighted by Crippen LogP contribution is -2.12. The van der Waals surface area contributed by atoms with Crippen molar-refractivity contribution in [2.24, 2.45) is 0 Å². The molecule has 0 unspecified atom stereocenters. The van der Waals surface area contributed by atoms with Crippen LogP contribution in [-0.2, 0) is 0 Å². The minimum Gasteiger partial charge on any atom is -0.490 e. The fourth-order valence-electron chi connectivity index (χ4n) is 2.58. The van der Waals surface area contributed by atoms with Gasteiger partial charge in [0.15, 0.2) is 5.76 Å².